The molecule has 0 unspecified atom stereocenters. The monoisotopic (exact) mass is 523 g/mol. The molecule has 1 aliphatic rings. The fourth-order valence-electron chi connectivity index (χ4n) is 4.82. The van der Waals surface area contributed by atoms with Crippen molar-refractivity contribution in [2.75, 3.05) is 25.2 Å². The molecule has 2 heterocycles. The zero-order chi connectivity index (χ0) is 25.8. The van der Waals surface area contributed by atoms with Gasteiger partial charge in [0.1, 0.15) is 11.8 Å². The average Bonchev–Trinajstić information content (AvgIpc) is 3.30. The second-order valence-electron chi connectivity index (χ2n) is 9.15. The molecule has 194 valence electrons. The molecule has 2 aromatic heterocycles. The van der Waals surface area contributed by atoms with Crippen LogP contribution in [0.2, 0.25) is 0 Å². The second-order valence-corrected chi connectivity index (χ2v) is 10.8. The Morgan fingerprint density at radius 3 is 2.24 bits per heavy atom. The summed E-state index contributed by atoms with van der Waals surface area (Å²) in [4.78, 5) is 12.8. The molecule has 0 saturated heterocycles. The van der Waals surface area contributed by atoms with Crippen molar-refractivity contribution in [1.29, 1.82) is 0 Å². The van der Waals surface area contributed by atoms with Crippen molar-refractivity contribution in [2.24, 2.45) is 11.8 Å². The first kappa shape index (κ1) is 25.3. The lowest BCUT2D eigenvalue weighted by Crippen LogP contribution is -2.57. The first-order valence-corrected chi connectivity index (χ1v) is 13.8. The van der Waals surface area contributed by atoms with Gasteiger partial charge >= 0.3 is 0 Å². The summed E-state index contributed by atoms with van der Waals surface area (Å²) in [6, 6.07) is 19.5. The van der Waals surface area contributed by atoms with Crippen LogP contribution >= 0.6 is 0 Å². The van der Waals surface area contributed by atoms with Crippen LogP contribution in [-0.2, 0) is 37.0 Å². The molecule has 1 saturated carbocycles. The Bertz CT molecular complexity index is 1430. The van der Waals surface area contributed by atoms with E-state index in [2.05, 4.69) is 15.0 Å². The van der Waals surface area contributed by atoms with E-state index in [1.54, 1.807) is 6.33 Å². The van der Waals surface area contributed by atoms with Crippen LogP contribution in [0.4, 0.5) is 5.82 Å². The van der Waals surface area contributed by atoms with Crippen LogP contribution in [0, 0.1) is 11.8 Å². The van der Waals surface area contributed by atoms with Crippen LogP contribution in [0.15, 0.2) is 73.3 Å². The molecule has 2 N–H and O–H groups in total. The van der Waals surface area contributed by atoms with Crippen LogP contribution in [-0.4, -0.2) is 53.5 Å². The molecule has 2 aromatic carbocycles. The molecule has 0 bridgehead atoms. The number of nitrogens with two attached hydrogens (primary N) is 1. The predicted molar refractivity (Wildman–Crippen MR) is 138 cm³/mol. The van der Waals surface area contributed by atoms with Crippen LogP contribution < -0.4 is 5.73 Å². The number of nitrogen functional groups attached to an aromatic ring is 1. The quantitative estimate of drug-likeness (QED) is 0.295. The van der Waals surface area contributed by atoms with E-state index in [0.29, 0.717) is 31.0 Å². The molecule has 10 nitrogen and oxygen atoms in total. The molecule has 1 aliphatic carbocycles. The van der Waals surface area contributed by atoms with Gasteiger partial charge in [-0.25, -0.2) is 15.0 Å². The maximum atomic E-state index is 11.9. The molecule has 0 aliphatic heterocycles. The fraction of sp³-hybridized carbons (Fsp3) is 0.346. The van der Waals surface area contributed by atoms with E-state index in [1.165, 1.54) is 6.33 Å². The van der Waals surface area contributed by atoms with Gasteiger partial charge in [-0.05, 0) is 11.1 Å². The fourth-order valence-corrected chi connectivity index (χ4v) is 5.22. The van der Waals surface area contributed by atoms with Gasteiger partial charge in [0.2, 0.25) is 0 Å². The normalized spacial score (nSPS) is 21.6. The zero-order valence-electron chi connectivity index (χ0n) is 20.4. The summed E-state index contributed by atoms with van der Waals surface area (Å²) in [6.45, 7) is 1.17. The first-order valence-electron chi connectivity index (χ1n) is 12.0. The Morgan fingerprint density at radius 2 is 1.57 bits per heavy atom. The largest absolute Gasteiger partial charge is 0.382 e. The minimum Gasteiger partial charge on any atom is -0.382 e. The van der Waals surface area contributed by atoms with Gasteiger partial charge in [-0.3, -0.25) is 4.18 Å². The lowest BCUT2D eigenvalue weighted by Gasteiger charge is -2.51. The first-order chi connectivity index (χ1) is 17.9. The Morgan fingerprint density at radius 1 is 0.892 bits per heavy atom. The van der Waals surface area contributed by atoms with Crippen molar-refractivity contribution >= 4 is 27.1 Å². The van der Waals surface area contributed by atoms with Crippen LogP contribution in [0.5, 0.6) is 0 Å². The molecule has 1 fully saturated rings. The van der Waals surface area contributed by atoms with Crippen molar-refractivity contribution in [2.45, 2.75) is 25.4 Å². The summed E-state index contributed by atoms with van der Waals surface area (Å²) in [5, 5.41) is 0. The summed E-state index contributed by atoms with van der Waals surface area (Å²) in [6.07, 6.45) is 3.77. The molecule has 11 heteroatoms. The molecule has 4 atom stereocenters. The van der Waals surface area contributed by atoms with Crippen molar-refractivity contribution in [3.05, 3.63) is 84.4 Å². The van der Waals surface area contributed by atoms with E-state index in [9.17, 15) is 8.42 Å². The van der Waals surface area contributed by atoms with Gasteiger partial charge in [0.05, 0.1) is 51.2 Å². The van der Waals surface area contributed by atoms with E-state index in [-0.39, 0.29) is 36.4 Å². The molecule has 0 radical (unpaired) electrons. The van der Waals surface area contributed by atoms with E-state index in [0.717, 1.165) is 17.4 Å². The second kappa shape index (κ2) is 10.9. The standard InChI is InChI=1S/C26H29N5O5S/c1-37(32,33)36-15-20-21(14-34-12-18-8-4-2-5-9-18)24(35-13-19-10-6-3-7-11-19)23(20)31-17-30-22-25(27)28-16-29-26(22)31/h2-11,16-17,20-21,23-24H,12-15H2,1H3,(H2,27,28,29)/t20-,21+,23+,24+/m0/s1. The van der Waals surface area contributed by atoms with E-state index in [4.69, 9.17) is 19.4 Å². The van der Waals surface area contributed by atoms with Gasteiger partial charge in [-0.1, -0.05) is 60.7 Å². The number of benzene rings is 2. The van der Waals surface area contributed by atoms with Crippen LogP contribution in [0.1, 0.15) is 17.2 Å². The molecular weight excluding hydrogens is 494 g/mol. The van der Waals surface area contributed by atoms with Gasteiger partial charge in [0, 0.05) is 11.8 Å². The lowest BCUT2D eigenvalue weighted by atomic mass is 9.66. The number of anilines is 1. The number of rotatable bonds is 11. The third kappa shape index (κ3) is 5.80. The zero-order valence-corrected chi connectivity index (χ0v) is 21.2. The minimum atomic E-state index is -3.65. The highest BCUT2D eigenvalue weighted by Gasteiger charge is 2.53. The van der Waals surface area contributed by atoms with Gasteiger partial charge in [-0.2, -0.15) is 8.42 Å². The maximum absolute atomic E-state index is 11.9. The molecule has 4 aromatic rings. The number of hydrogen-bond donors (Lipinski definition) is 1. The van der Waals surface area contributed by atoms with Crippen molar-refractivity contribution in [1.82, 2.24) is 19.5 Å². The van der Waals surface area contributed by atoms with E-state index >= 15 is 0 Å². The van der Waals surface area contributed by atoms with Crippen LogP contribution in [0.25, 0.3) is 11.2 Å². The smallest absolute Gasteiger partial charge is 0.264 e. The molecule has 0 spiro atoms. The summed E-state index contributed by atoms with van der Waals surface area (Å²) in [7, 11) is -3.65. The van der Waals surface area contributed by atoms with Crippen molar-refractivity contribution in [3.8, 4) is 0 Å². The highest BCUT2D eigenvalue weighted by molar-refractivity contribution is 7.85. The van der Waals surface area contributed by atoms with Crippen molar-refractivity contribution < 1.29 is 22.1 Å². The lowest BCUT2D eigenvalue weighted by molar-refractivity contribution is -0.168. The minimum absolute atomic E-state index is 0.0195. The maximum Gasteiger partial charge on any atom is 0.264 e. The van der Waals surface area contributed by atoms with Gasteiger partial charge < -0.3 is 19.8 Å². The van der Waals surface area contributed by atoms with Gasteiger partial charge in [0.25, 0.3) is 10.1 Å². The Labute approximate surface area is 215 Å². The molecular formula is C26H29N5O5S. The number of imidazole rings is 1. The summed E-state index contributed by atoms with van der Waals surface area (Å²) >= 11 is 0. The van der Waals surface area contributed by atoms with Gasteiger partial charge in [0.15, 0.2) is 11.5 Å². The number of aromatic nitrogens is 4. The highest BCUT2D eigenvalue weighted by Crippen LogP contribution is 2.48. The average molecular weight is 524 g/mol. The highest BCUT2D eigenvalue weighted by atomic mass is 32.2. The Hall–Kier alpha value is -3.38. The number of ether oxygens (including phenoxy) is 2. The number of hydrogen-bond acceptors (Lipinski definition) is 9. The van der Waals surface area contributed by atoms with Crippen LogP contribution in [0.3, 0.4) is 0 Å². The Balaban J connectivity index is 1.43. The predicted octanol–water partition coefficient (Wildman–Crippen LogP) is 2.97. The molecule has 37 heavy (non-hydrogen) atoms. The summed E-state index contributed by atoms with van der Waals surface area (Å²) in [5.74, 6) is -0.0906. The number of nitrogens with zero attached hydrogens (tertiary/aromatic N) is 4. The van der Waals surface area contributed by atoms with E-state index < -0.39 is 10.1 Å². The topological polar surface area (TPSA) is 131 Å². The van der Waals surface area contributed by atoms with Crippen molar-refractivity contribution in [3.63, 3.8) is 0 Å². The third-order valence-electron chi connectivity index (χ3n) is 6.64. The summed E-state index contributed by atoms with van der Waals surface area (Å²) < 4.78 is 43.5. The molecule has 0 amide bonds. The van der Waals surface area contributed by atoms with Gasteiger partial charge in [-0.15, -0.1) is 0 Å². The third-order valence-corrected chi connectivity index (χ3v) is 7.20. The van der Waals surface area contributed by atoms with E-state index in [1.807, 2.05) is 65.2 Å². The Kier molecular flexibility index (Phi) is 7.47. The SMILES string of the molecule is CS(=O)(=O)OC[C@H]1[C@@H](COCc2ccccc2)[C@@H](OCc2ccccc2)[C@@H]1n1cnc2c(N)ncnc21. The molecule has 5 rings (SSSR count). The summed E-state index contributed by atoms with van der Waals surface area (Å²) in [5.41, 5.74) is 9.14. The number of fused-ring (bicyclic) bond motifs is 1.